The van der Waals surface area contributed by atoms with Gasteiger partial charge in [-0.15, -0.1) is 0 Å². The number of thioether (sulfide) groups is 1. The lowest BCUT2D eigenvalue weighted by atomic mass is 10.1. The number of amides is 2. The first-order chi connectivity index (χ1) is 16.9. The van der Waals surface area contributed by atoms with Crippen molar-refractivity contribution in [2.75, 3.05) is 0 Å². The molecule has 9 heteroatoms. The Morgan fingerprint density at radius 2 is 1.57 bits per heavy atom. The molecule has 1 aromatic heterocycles. The minimum absolute atomic E-state index is 0.0307. The summed E-state index contributed by atoms with van der Waals surface area (Å²) in [4.78, 5) is 37.5. The van der Waals surface area contributed by atoms with Crippen LogP contribution in [0.1, 0.15) is 16.7 Å². The Labute approximate surface area is 203 Å². The molecule has 3 aromatic carbocycles. The van der Waals surface area contributed by atoms with Gasteiger partial charge in [-0.05, 0) is 47.2 Å². The van der Waals surface area contributed by atoms with E-state index in [1.165, 1.54) is 24.3 Å². The van der Waals surface area contributed by atoms with E-state index in [0.29, 0.717) is 17.0 Å². The molecule has 174 valence electrons. The molecule has 1 aliphatic heterocycles. The number of fused-ring (bicyclic) bond motifs is 1. The lowest BCUT2D eigenvalue weighted by Crippen LogP contribution is -2.27. The van der Waals surface area contributed by atoms with Crippen molar-refractivity contribution in [3.63, 3.8) is 0 Å². The summed E-state index contributed by atoms with van der Waals surface area (Å²) in [6.45, 7) is 0.558. The summed E-state index contributed by atoms with van der Waals surface area (Å²) in [5.41, 5.74) is 3.30. The number of nitrogens with zero attached hydrogens (tertiary/aromatic N) is 3. The van der Waals surface area contributed by atoms with Gasteiger partial charge in [0.15, 0.2) is 0 Å². The van der Waals surface area contributed by atoms with E-state index in [-0.39, 0.29) is 23.3 Å². The molecule has 0 N–H and O–H groups in total. The number of halogens is 1. The number of hydrogen-bond donors (Lipinski definition) is 0. The van der Waals surface area contributed by atoms with Crippen LogP contribution in [0, 0.1) is 15.9 Å². The van der Waals surface area contributed by atoms with E-state index in [0.717, 1.165) is 38.7 Å². The predicted molar refractivity (Wildman–Crippen MR) is 132 cm³/mol. The van der Waals surface area contributed by atoms with Gasteiger partial charge in [0, 0.05) is 41.3 Å². The molecule has 35 heavy (non-hydrogen) atoms. The SMILES string of the molecule is O=C1S/C(=C\c2cn(Cc3ccc([N+](=O)[O-])cc3)c3ccccc23)C(=O)N1Cc1ccc(F)cc1. The highest BCUT2D eigenvalue weighted by molar-refractivity contribution is 8.18. The number of imide groups is 1. The van der Waals surface area contributed by atoms with Crippen LogP contribution in [-0.4, -0.2) is 25.5 Å². The van der Waals surface area contributed by atoms with Crippen LogP contribution in [0.3, 0.4) is 0 Å². The van der Waals surface area contributed by atoms with E-state index in [1.54, 1.807) is 30.3 Å². The van der Waals surface area contributed by atoms with Crippen molar-refractivity contribution < 1.29 is 18.9 Å². The summed E-state index contributed by atoms with van der Waals surface area (Å²) in [7, 11) is 0. The average molecular weight is 488 g/mol. The van der Waals surface area contributed by atoms with Crippen molar-refractivity contribution in [2.24, 2.45) is 0 Å². The fourth-order valence-corrected chi connectivity index (χ4v) is 4.82. The van der Waals surface area contributed by atoms with Gasteiger partial charge in [-0.2, -0.15) is 0 Å². The van der Waals surface area contributed by atoms with Crippen LogP contribution in [0.4, 0.5) is 14.9 Å². The Bertz CT molecular complexity index is 1490. The molecular weight excluding hydrogens is 469 g/mol. The Balaban J connectivity index is 1.43. The number of rotatable bonds is 6. The molecule has 0 saturated carbocycles. The summed E-state index contributed by atoms with van der Waals surface area (Å²) in [5, 5.41) is 11.5. The lowest BCUT2D eigenvalue weighted by molar-refractivity contribution is -0.384. The summed E-state index contributed by atoms with van der Waals surface area (Å²) in [5.74, 6) is -0.774. The third kappa shape index (κ3) is 4.58. The molecule has 0 spiro atoms. The first kappa shape index (κ1) is 22.5. The van der Waals surface area contributed by atoms with Gasteiger partial charge in [-0.3, -0.25) is 24.6 Å². The van der Waals surface area contributed by atoms with Gasteiger partial charge < -0.3 is 4.57 Å². The molecule has 0 aliphatic carbocycles. The van der Waals surface area contributed by atoms with Gasteiger partial charge in [0.1, 0.15) is 5.82 Å². The maximum Gasteiger partial charge on any atom is 0.293 e. The zero-order valence-corrected chi connectivity index (χ0v) is 19.1. The molecule has 2 heterocycles. The molecule has 0 atom stereocenters. The third-order valence-corrected chi connectivity index (χ3v) is 6.64. The Kier molecular flexibility index (Phi) is 5.92. The number of non-ortho nitro benzene ring substituents is 1. The zero-order valence-electron chi connectivity index (χ0n) is 18.3. The zero-order chi connectivity index (χ0) is 24.5. The molecule has 0 bridgehead atoms. The number of carbonyl (C=O) groups excluding carboxylic acids is 2. The number of hydrogen-bond acceptors (Lipinski definition) is 5. The van der Waals surface area contributed by atoms with Crippen LogP contribution >= 0.6 is 11.8 Å². The first-order valence-electron chi connectivity index (χ1n) is 10.7. The van der Waals surface area contributed by atoms with Crippen LogP contribution < -0.4 is 0 Å². The van der Waals surface area contributed by atoms with Crippen molar-refractivity contribution in [1.82, 2.24) is 9.47 Å². The lowest BCUT2D eigenvalue weighted by Gasteiger charge is -2.12. The Morgan fingerprint density at radius 1 is 0.914 bits per heavy atom. The van der Waals surface area contributed by atoms with Crippen LogP contribution in [0.5, 0.6) is 0 Å². The topological polar surface area (TPSA) is 85.5 Å². The van der Waals surface area contributed by atoms with E-state index >= 15 is 0 Å². The Hall–Kier alpha value is -4.24. The van der Waals surface area contributed by atoms with Crippen LogP contribution in [0.25, 0.3) is 17.0 Å². The molecule has 4 aromatic rings. The van der Waals surface area contributed by atoms with Crippen LogP contribution in [0.15, 0.2) is 83.9 Å². The highest BCUT2D eigenvalue weighted by atomic mass is 32.2. The maximum absolute atomic E-state index is 13.2. The minimum atomic E-state index is -0.434. The van der Waals surface area contributed by atoms with E-state index in [1.807, 2.05) is 35.0 Å². The number of benzene rings is 3. The number of nitro benzene ring substituents is 1. The van der Waals surface area contributed by atoms with Gasteiger partial charge in [0.05, 0.1) is 16.4 Å². The van der Waals surface area contributed by atoms with Gasteiger partial charge >= 0.3 is 0 Å². The fraction of sp³-hybridized carbons (Fsp3) is 0.0769. The average Bonchev–Trinajstić information content (AvgIpc) is 3.32. The smallest absolute Gasteiger partial charge is 0.293 e. The predicted octanol–water partition coefficient (Wildman–Crippen LogP) is 5.97. The summed E-state index contributed by atoms with van der Waals surface area (Å²) in [6, 6.07) is 19.8. The van der Waals surface area contributed by atoms with Crippen molar-refractivity contribution >= 4 is 45.6 Å². The largest absolute Gasteiger partial charge is 0.342 e. The highest BCUT2D eigenvalue weighted by Crippen LogP contribution is 2.35. The van der Waals surface area contributed by atoms with Gasteiger partial charge in [-0.25, -0.2) is 4.39 Å². The molecular formula is C26H18FN3O4S. The van der Waals surface area contributed by atoms with Gasteiger partial charge in [0.25, 0.3) is 16.8 Å². The van der Waals surface area contributed by atoms with Crippen molar-refractivity contribution in [1.29, 1.82) is 0 Å². The van der Waals surface area contributed by atoms with E-state index < -0.39 is 10.8 Å². The number of nitro groups is 1. The van der Waals surface area contributed by atoms with Gasteiger partial charge in [-0.1, -0.05) is 42.5 Å². The maximum atomic E-state index is 13.2. The van der Waals surface area contributed by atoms with Crippen molar-refractivity contribution in [2.45, 2.75) is 13.1 Å². The number of carbonyl (C=O) groups is 2. The fourth-order valence-electron chi connectivity index (χ4n) is 3.99. The van der Waals surface area contributed by atoms with Crippen LogP contribution in [-0.2, 0) is 17.9 Å². The second-order valence-corrected chi connectivity index (χ2v) is 9.04. The third-order valence-electron chi connectivity index (χ3n) is 5.73. The van der Waals surface area contributed by atoms with E-state index in [9.17, 15) is 24.1 Å². The molecule has 7 nitrogen and oxygen atoms in total. The summed E-state index contributed by atoms with van der Waals surface area (Å²) >= 11 is 0.876. The normalized spacial score (nSPS) is 14.9. The number of para-hydroxylation sites is 1. The molecule has 0 radical (unpaired) electrons. The molecule has 1 aliphatic rings. The Morgan fingerprint density at radius 3 is 2.29 bits per heavy atom. The second kappa shape index (κ2) is 9.19. The van der Waals surface area contributed by atoms with E-state index in [2.05, 4.69) is 0 Å². The standard InChI is InChI=1S/C26H18FN3O4S/c27-20-9-5-18(6-10-20)15-29-25(31)24(35-26(29)32)13-19-16-28(23-4-2-1-3-22(19)23)14-17-7-11-21(12-8-17)30(33)34/h1-13,16H,14-15H2/b24-13-. The van der Waals surface area contributed by atoms with Gasteiger partial charge in [0.2, 0.25) is 0 Å². The molecule has 2 amide bonds. The molecule has 0 unspecified atom stereocenters. The summed E-state index contributed by atoms with van der Waals surface area (Å²) in [6.07, 6.45) is 3.62. The minimum Gasteiger partial charge on any atom is -0.342 e. The molecule has 1 saturated heterocycles. The molecule has 5 rings (SSSR count). The second-order valence-electron chi connectivity index (χ2n) is 8.05. The molecule has 1 fully saturated rings. The van der Waals surface area contributed by atoms with Crippen molar-refractivity contribution in [3.8, 4) is 0 Å². The van der Waals surface area contributed by atoms with Crippen LogP contribution in [0.2, 0.25) is 0 Å². The monoisotopic (exact) mass is 487 g/mol. The first-order valence-corrected chi connectivity index (χ1v) is 11.5. The summed E-state index contributed by atoms with van der Waals surface area (Å²) < 4.78 is 15.2. The highest BCUT2D eigenvalue weighted by Gasteiger charge is 2.35. The van der Waals surface area contributed by atoms with Crippen molar-refractivity contribution in [3.05, 3.63) is 117 Å². The number of aromatic nitrogens is 1. The van der Waals surface area contributed by atoms with E-state index in [4.69, 9.17) is 0 Å². The quantitative estimate of drug-likeness (QED) is 0.190.